The van der Waals surface area contributed by atoms with Crippen molar-refractivity contribution in [3.05, 3.63) is 72.3 Å². The number of halogens is 1. The second-order valence-corrected chi connectivity index (χ2v) is 4.86. The van der Waals surface area contributed by atoms with E-state index in [-0.39, 0.29) is 12.3 Å². The summed E-state index contributed by atoms with van der Waals surface area (Å²) in [6.07, 6.45) is 0. The van der Waals surface area contributed by atoms with Crippen LogP contribution in [0.15, 0.2) is 66.7 Å². The molecule has 0 N–H and O–H groups in total. The number of carbonyl (C=O) groups is 1. The van der Waals surface area contributed by atoms with Crippen molar-refractivity contribution in [2.45, 2.75) is 6.54 Å². The van der Waals surface area contributed by atoms with Crippen LogP contribution in [0, 0.1) is 0 Å². The number of hydrogen-bond donors (Lipinski definition) is 0. The number of pyridine rings is 1. The first-order chi connectivity index (χ1) is 10.8. The molecule has 3 aromatic rings. The number of ketones is 1. The van der Waals surface area contributed by atoms with Gasteiger partial charge in [0.1, 0.15) is 0 Å². The number of alkyl halides is 1. The largest absolute Gasteiger partial charge is 0.412 e. The summed E-state index contributed by atoms with van der Waals surface area (Å²) in [6.45, 7) is -0.835. The Morgan fingerprint density at radius 1 is 0.955 bits per heavy atom. The summed E-state index contributed by atoms with van der Waals surface area (Å²) in [6, 6.07) is 20.2. The van der Waals surface area contributed by atoms with Crippen molar-refractivity contribution in [1.29, 1.82) is 0 Å². The summed E-state index contributed by atoms with van der Waals surface area (Å²) in [5.41, 5.74) is 1.45. The molecule has 1 aromatic heterocycles. The highest BCUT2D eigenvalue weighted by Crippen LogP contribution is 2.15. The molecule has 3 nitrogen and oxygen atoms in total. The highest BCUT2D eigenvalue weighted by Gasteiger charge is 2.21. The van der Waals surface area contributed by atoms with E-state index in [1.54, 1.807) is 22.8 Å². The zero-order valence-corrected chi connectivity index (χ0v) is 11.9. The van der Waals surface area contributed by atoms with Gasteiger partial charge in [-0.2, -0.15) is 4.57 Å². The van der Waals surface area contributed by atoms with Gasteiger partial charge in [-0.15, -0.1) is 0 Å². The molecule has 0 saturated carbocycles. The van der Waals surface area contributed by atoms with Gasteiger partial charge in [-0.1, -0.05) is 42.5 Å². The first-order valence-electron chi connectivity index (χ1n) is 6.98. The molecule has 0 spiro atoms. The molecule has 0 aliphatic heterocycles. The molecule has 4 heteroatoms. The summed E-state index contributed by atoms with van der Waals surface area (Å²) >= 11 is 0. The minimum atomic E-state index is -0.933. The number of nitrogens with zero attached hydrogens (tertiary/aromatic N) is 1. The van der Waals surface area contributed by atoms with Gasteiger partial charge in [0.25, 0.3) is 0 Å². The normalized spacial score (nSPS) is 10.6. The summed E-state index contributed by atoms with van der Waals surface area (Å²) in [5.74, 6) is 0.288. The third-order valence-electron chi connectivity index (χ3n) is 3.50. The van der Waals surface area contributed by atoms with Crippen molar-refractivity contribution in [2.75, 3.05) is 6.86 Å². The number of aromatic nitrogens is 1. The minimum absolute atomic E-state index is 0.0503. The van der Waals surface area contributed by atoms with E-state index in [0.29, 0.717) is 11.4 Å². The van der Waals surface area contributed by atoms with Crippen LogP contribution in [0.1, 0.15) is 10.4 Å². The zero-order chi connectivity index (χ0) is 15.4. The number of para-hydroxylation sites is 1. The van der Waals surface area contributed by atoms with Gasteiger partial charge in [-0.25, -0.2) is 4.39 Å². The Kier molecular flexibility index (Phi) is 4.10. The average molecular weight is 296 g/mol. The average Bonchev–Trinajstić information content (AvgIpc) is 2.58. The van der Waals surface area contributed by atoms with Crippen LogP contribution in [0.25, 0.3) is 10.9 Å². The SMILES string of the molecule is O=C(C[n+]1c(OCF)ccc2ccccc21)c1ccccc1. The maximum absolute atomic E-state index is 12.6. The highest BCUT2D eigenvalue weighted by molar-refractivity contribution is 5.95. The first-order valence-corrected chi connectivity index (χ1v) is 6.98. The van der Waals surface area contributed by atoms with Crippen LogP contribution in [0.3, 0.4) is 0 Å². The van der Waals surface area contributed by atoms with Gasteiger partial charge in [-0.3, -0.25) is 4.79 Å². The van der Waals surface area contributed by atoms with Gasteiger partial charge in [0.05, 0.1) is 6.07 Å². The topological polar surface area (TPSA) is 30.2 Å². The molecule has 22 heavy (non-hydrogen) atoms. The molecule has 110 valence electrons. The second-order valence-electron chi connectivity index (χ2n) is 4.86. The molecule has 0 fully saturated rings. The molecule has 1 heterocycles. The van der Waals surface area contributed by atoms with E-state index < -0.39 is 6.86 Å². The minimum Gasteiger partial charge on any atom is -0.412 e. The predicted molar refractivity (Wildman–Crippen MR) is 81.5 cm³/mol. The molecule has 2 aromatic carbocycles. The lowest BCUT2D eigenvalue weighted by atomic mass is 10.1. The standard InChI is InChI=1S/C18H15FNO2/c19-13-22-18-11-10-14-6-4-5-9-16(14)20(18)12-17(21)15-7-2-1-3-8-15/h1-11H,12-13H2/q+1. The van der Waals surface area contributed by atoms with Gasteiger partial charge >= 0.3 is 5.88 Å². The van der Waals surface area contributed by atoms with Crippen molar-refractivity contribution in [3.63, 3.8) is 0 Å². The number of rotatable bonds is 5. The van der Waals surface area contributed by atoms with E-state index in [9.17, 15) is 9.18 Å². The van der Waals surface area contributed by atoms with E-state index in [1.165, 1.54) is 0 Å². The molecular formula is C18H15FNO2+. The van der Waals surface area contributed by atoms with Crippen molar-refractivity contribution in [1.82, 2.24) is 0 Å². The molecule has 0 saturated heterocycles. The molecule has 0 amide bonds. The molecular weight excluding hydrogens is 281 g/mol. The highest BCUT2D eigenvalue weighted by atomic mass is 19.1. The lowest BCUT2D eigenvalue weighted by Gasteiger charge is -2.06. The Bertz CT molecular complexity index is 803. The van der Waals surface area contributed by atoms with Gasteiger partial charge in [-0.05, 0) is 12.1 Å². The lowest BCUT2D eigenvalue weighted by molar-refractivity contribution is -0.663. The van der Waals surface area contributed by atoms with E-state index in [2.05, 4.69) is 0 Å². The lowest BCUT2D eigenvalue weighted by Crippen LogP contribution is -2.40. The Morgan fingerprint density at radius 3 is 2.45 bits per heavy atom. The van der Waals surface area contributed by atoms with Gasteiger partial charge in [0.2, 0.25) is 24.7 Å². The fraction of sp³-hybridized carbons (Fsp3) is 0.111. The third-order valence-corrected chi connectivity index (χ3v) is 3.50. The number of Topliss-reactive ketones (excluding diaryl/α,β-unsaturated/α-hetero) is 1. The van der Waals surface area contributed by atoms with E-state index in [0.717, 1.165) is 10.9 Å². The molecule has 0 bridgehead atoms. The van der Waals surface area contributed by atoms with Crippen LogP contribution in [-0.2, 0) is 6.54 Å². The summed E-state index contributed by atoms with van der Waals surface area (Å²) in [7, 11) is 0. The second kappa shape index (κ2) is 6.35. The van der Waals surface area contributed by atoms with Crippen molar-refractivity contribution < 1.29 is 18.5 Å². The van der Waals surface area contributed by atoms with Crippen LogP contribution in [0.2, 0.25) is 0 Å². The fourth-order valence-corrected chi connectivity index (χ4v) is 2.45. The Balaban J connectivity index is 2.04. The van der Waals surface area contributed by atoms with Crippen LogP contribution in [-0.4, -0.2) is 12.6 Å². The Labute approximate surface area is 127 Å². The first kappa shape index (κ1) is 14.2. The van der Waals surface area contributed by atoms with Crippen LogP contribution in [0.5, 0.6) is 5.88 Å². The monoisotopic (exact) mass is 296 g/mol. The van der Waals surface area contributed by atoms with Crippen molar-refractivity contribution >= 4 is 16.7 Å². The number of carbonyl (C=O) groups excluding carboxylic acids is 1. The molecule has 0 aliphatic carbocycles. The molecule has 0 radical (unpaired) electrons. The summed E-state index contributed by atoms with van der Waals surface area (Å²) in [5, 5.41) is 0.967. The molecule has 3 rings (SSSR count). The number of ether oxygens (including phenoxy) is 1. The summed E-state index contributed by atoms with van der Waals surface area (Å²) in [4.78, 5) is 12.4. The third kappa shape index (κ3) is 2.81. The van der Waals surface area contributed by atoms with Crippen LogP contribution < -0.4 is 9.30 Å². The molecule has 0 unspecified atom stereocenters. The van der Waals surface area contributed by atoms with Crippen molar-refractivity contribution in [2.24, 2.45) is 0 Å². The Hall–Kier alpha value is -2.75. The fourth-order valence-electron chi connectivity index (χ4n) is 2.45. The maximum atomic E-state index is 12.6. The van der Waals surface area contributed by atoms with Gasteiger partial charge < -0.3 is 4.74 Å². The van der Waals surface area contributed by atoms with Crippen molar-refractivity contribution in [3.8, 4) is 5.88 Å². The van der Waals surface area contributed by atoms with E-state index in [1.807, 2.05) is 48.5 Å². The summed E-state index contributed by atoms with van der Waals surface area (Å²) < 4.78 is 19.3. The van der Waals surface area contributed by atoms with Gasteiger partial charge in [0, 0.05) is 17.0 Å². The van der Waals surface area contributed by atoms with E-state index >= 15 is 0 Å². The van der Waals surface area contributed by atoms with Crippen LogP contribution in [0.4, 0.5) is 4.39 Å². The molecule has 0 atom stereocenters. The van der Waals surface area contributed by atoms with Gasteiger partial charge in [0.15, 0.2) is 0 Å². The number of hydrogen-bond acceptors (Lipinski definition) is 2. The maximum Gasteiger partial charge on any atom is 0.371 e. The zero-order valence-electron chi connectivity index (χ0n) is 11.9. The number of fused-ring (bicyclic) bond motifs is 1. The quantitative estimate of drug-likeness (QED) is 0.534. The molecule has 0 aliphatic rings. The van der Waals surface area contributed by atoms with Crippen LogP contribution >= 0.6 is 0 Å². The Morgan fingerprint density at radius 2 is 1.68 bits per heavy atom. The smallest absolute Gasteiger partial charge is 0.371 e. The number of benzene rings is 2. The van der Waals surface area contributed by atoms with E-state index in [4.69, 9.17) is 4.74 Å². The predicted octanol–water partition coefficient (Wildman–Crippen LogP) is 3.32.